The van der Waals surface area contributed by atoms with E-state index in [1.807, 2.05) is 0 Å². The van der Waals surface area contributed by atoms with Crippen molar-refractivity contribution in [3.63, 3.8) is 0 Å². The second-order valence-electron chi connectivity index (χ2n) is 6.36. The lowest BCUT2D eigenvalue weighted by atomic mass is 9.64. The molecule has 0 spiro atoms. The van der Waals surface area contributed by atoms with Crippen LogP contribution in [0.3, 0.4) is 0 Å². The number of hydrogen-bond donors (Lipinski definition) is 1. The summed E-state index contributed by atoms with van der Waals surface area (Å²) in [6.07, 6.45) is 1.52. The molecule has 1 aliphatic carbocycles. The first-order valence-electron chi connectivity index (χ1n) is 7.39. The van der Waals surface area contributed by atoms with E-state index in [0.29, 0.717) is 18.2 Å². The van der Waals surface area contributed by atoms with Gasteiger partial charge in [-0.15, -0.1) is 0 Å². The van der Waals surface area contributed by atoms with Crippen LogP contribution in [0.5, 0.6) is 0 Å². The molecule has 0 aromatic heterocycles. The summed E-state index contributed by atoms with van der Waals surface area (Å²) in [6, 6.07) is 9.69. The average Bonchev–Trinajstić information content (AvgIpc) is 2.37. The number of hydrogen-bond acceptors (Lipinski definition) is 2. The Kier molecular flexibility index (Phi) is 4.32. The summed E-state index contributed by atoms with van der Waals surface area (Å²) in [5.41, 5.74) is 2.93. The summed E-state index contributed by atoms with van der Waals surface area (Å²) >= 11 is 0. The lowest BCUT2D eigenvalue weighted by Crippen LogP contribution is -2.61. The zero-order valence-electron chi connectivity index (χ0n) is 12.9. The summed E-state index contributed by atoms with van der Waals surface area (Å²) in [4.78, 5) is 0. The van der Waals surface area contributed by atoms with Gasteiger partial charge < -0.3 is 10.1 Å². The molecule has 0 heterocycles. The van der Waals surface area contributed by atoms with Crippen molar-refractivity contribution in [2.24, 2.45) is 5.41 Å². The highest BCUT2D eigenvalue weighted by atomic mass is 16.5. The maximum atomic E-state index is 5.79. The van der Waals surface area contributed by atoms with Gasteiger partial charge in [0.15, 0.2) is 0 Å². The van der Waals surface area contributed by atoms with Gasteiger partial charge in [0, 0.05) is 24.1 Å². The molecular formula is C17H27NO. The minimum absolute atomic E-state index is 0.230. The lowest BCUT2D eigenvalue weighted by Gasteiger charge is -2.52. The fourth-order valence-electron chi connectivity index (χ4n) is 2.99. The van der Waals surface area contributed by atoms with Crippen LogP contribution in [0.25, 0.3) is 0 Å². The largest absolute Gasteiger partial charge is 0.378 e. The molecule has 0 radical (unpaired) electrons. The van der Waals surface area contributed by atoms with Crippen LogP contribution < -0.4 is 5.32 Å². The third-order valence-corrected chi connectivity index (χ3v) is 4.54. The van der Waals surface area contributed by atoms with Crippen molar-refractivity contribution in [1.29, 1.82) is 0 Å². The lowest BCUT2D eigenvalue weighted by molar-refractivity contribution is -0.116. The summed E-state index contributed by atoms with van der Waals surface area (Å²) in [5, 5.41) is 3.76. The van der Waals surface area contributed by atoms with Crippen molar-refractivity contribution in [1.82, 2.24) is 5.32 Å². The number of rotatable bonds is 5. The Morgan fingerprint density at radius 3 is 2.74 bits per heavy atom. The standard InChI is InChI=1S/C17H27NO/c1-6-19-16-11-15(17(16,4)5)18-13(3)14-9-7-8-12(2)10-14/h7-10,13,15-16,18H,6,11H2,1-5H3. The van der Waals surface area contributed by atoms with Crippen molar-refractivity contribution >= 4 is 0 Å². The molecule has 2 heteroatoms. The predicted molar refractivity (Wildman–Crippen MR) is 80.3 cm³/mol. The molecule has 2 rings (SSSR count). The van der Waals surface area contributed by atoms with Crippen LogP contribution in [0.15, 0.2) is 24.3 Å². The fraction of sp³-hybridized carbons (Fsp3) is 0.647. The average molecular weight is 261 g/mol. The zero-order chi connectivity index (χ0) is 14.0. The molecule has 3 unspecified atom stereocenters. The molecule has 1 aromatic carbocycles. The molecule has 106 valence electrons. The zero-order valence-corrected chi connectivity index (χ0v) is 12.9. The normalized spacial score (nSPS) is 26.8. The van der Waals surface area contributed by atoms with E-state index >= 15 is 0 Å². The minimum atomic E-state index is 0.230. The van der Waals surface area contributed by atoms with Crippen LogP contribution in [-0.4, -0.2) is 18.8 Å². The van der Waals surface area contributed by atoms with E-state index in [1.54, 1.807) is 0 Å². The number of nitrogens with one attached hydrogen (secondary N) is 1. The van der Waals surface area contributed by atoms with Gasteiger partial charge in [0.2, 0.25) is 0 Å². The molecule has 2 nitrogen and oxygen atoms in total. The summed E-state index contributed by atoms with van der Waals surface area (Å²) in [7, 11) is 0. The van der Waals surface area contributed by atoms with Crippen LogP contribution in [0, 0.1) is 12.3 Å². The van der Waals surface area contributed by atoms with Crippen molar-refractivity contribution in [3.8, 4) is 0 Å². The Morgan fingerprint density at radius 1 is 1.42 bits per heavy atom. The van der Waals surface area contributed by atoms with E-state index < -0.39 is 0 Å². The van der Waals surface area contributed by atoms with Crippen LogP contribution in [0.1, 0.15) is 51.3 Å². The second kappa shape index (κ2) is 5.64. The highest BCUT2D eigenvalue weighted by Crippen LogP contribution is 2.43. The van der Waals surface area contributed by atoms with Crippen molar-refractivity contribution in [2.45, 2.75) is 59.2 Å². The van der Waals surface area contributed by atoms with Gasteiger partial charge in [0.05, 0.1) is 6.10 Å². The number of aryl methyl sites for hydroxylation is 1. The summed E-state index contributed by atoms with van der Waals surface area (Å²) < 4.78 is 5.79. The third-order valence-electron chi connectivity index (χ3n) is 4.54. The third kappa shape index (κ3) is 3.01. The molecule has 1 aliphatic rings. The summed E-state index contributed by atoms with van der Waals surface area (Å²) in [6.45, 7) is 11.9. The van der Waals surface area contributed by atoms with E-state index in [2.05, 4.69) is 64.2 Å². The Bertz CT molecular complexity index is 427. The maximum Gasteiger partial charge on any atom is 0.0655 e. The van der Waals surface area contributed by atoms with Gasteiger partial charge >= 0.3 is 0 Å². The maximum absolute atomic E-state index is 5.79. The van der Waals surface area contributed by atoms with Crippen LogP contribution in [0.2, 0.25) is 0 Å². The van der Waals surface area contributed by atoms with Crippen molar-refractivity contribution in [2.75, 3.05) is 6.61 Å². The second-order valence-corrected chi connectivity index (χ2v) is 6.36. The van der Waals surface area contributed by atoms with Gasteiger partial charge in [-0.25, -0.2) is 0 Å². The van der Waals surface area contributed by atoms with Gasteiger partial charge in [0.1, 0.15) is 0 Å². The Balaban J connectivity index is 1.96. The summed E-state index contributed by atoms with van der Waals surface area (Å²) in [5.74, 6) is 0. The van der Waals surface area contributed by atoms with Crippen molar-refractivity contribution in [3.05, 3.63) is 35.4 Å². The van der Waals surface area contributed by atoms with Gasteiger partial charge in [-0.3, -0.25) is 0 Å². The number of benzene rings is 1. The molecule has 0 aliphatic heterocycles. The number of ether oxygens (including phenoxy) is 1. The molecule has 0 bridgehead atoms. The van der Waals surface area contributed by atoms with Crippen molar-refractivity contribution < 1.29 is 4.74 Å². The van der Waals surface area contributed by atoms with E-state index in [4.69, 9.17) is 4.74 Å². The molecule has 0 saturated heterocycles. The molecule has 19 heavy (non-hydrogen) atoms. The van der Waals surface area contributed by atoms with Crippen LogP contribution in [-0.2, 0) is 4.74 Å². The highest BCUT2D eigenvalue weighted by Gasteiger charge is 2.48. The van der Waals surface area contributed by atoms with Crippen LogP contribution >= 0.6 is 0 Å². The molecule has 1 fully saturated rings. The molecule has 1 saturated carbocycles. The van der Waals surface area contributed by atoms with E-state index in [1.165, 1.54) is 11.1 Å². The van der Waals surface area contributed by atoms with Gasteiger partial charge in [-0.1, -0.05) is 43.7 Å². The first-order chi connectivity index (χ1) is 8.95. The smallest absolute Gasteiger partial charge is 0.0655 e. The molecule has 1 aromatic rings. The highest BCUT2D eigenvalue weighted by molar-refractivity contribution is 5.25. The molecular weight excluding hydrogens is 234 g/mol. The topological polar surface area (TPSA) is 21.3 Å². The van der Waals surface area contributed by atoms with Crippen LogP contribution in [0.4, 0.5) is 0 Å². The van der Waals surface area contributed by atoms with Gasteiger partial charge in [0.25, 0.3) is 0 Å². The van der Waals surface area contributed by atoms with Gasteiger partial charge in [-0.2, -0.15) is 0 Å². The minimum Gasteiger partial charge on any atom is -0.378 e. The Morgan fingerprint density at radius 2 is 2.16 bits per heavy atom. The molecule has 3 atom stereocenters. The monoisotopic (exact) mass is 261 g/mol. The fourth-order valence-corrected chi connectivity index (χ4v) is 2.99. The molecule has 1 N–H and O–H groups in total. The van der Waals surface area contributed by atoms with E-state index in [0.717, 1.165) is 13.0 Å². The Hall–Kier alpha value is -0.860. The predicted octanol–water partition coefficient (Wildman–Crippen LogP) is 3.85. The Labute approximate surface area is 117 Å². The first-order valence-corrected chi connectivity index (χ1v) is 7.39. The quantitative estimate of drug-likeness (QED) is 0.869. The van der Waals surface area contributed by atoms with Gasteiger partial charge in [-0.05, 0) is 32.8 Å². The van der Waals surface area contributed by atoms with E-state index in [-0.39, 0.29) is 5.41 Å². The SMILES string of the molecule is CCOC1CC(NC(C)c2cccc(C)c2)C1(C)C. The molecule has 0 amide bonds. The van der Waals surface area contributed by atoms with E-state index in [9.17, 15) is 0 Å². The first kappa shape index (κ1) is 14.5.